The molecule has 0 spiro atoms. The van der Waals surface area contributed by atoms with E-state index >= 15 is 0 Å². The number of halogens is 1. The molecule has 0 aliphatic heterocycles. The molecule has 2 heterocycles. The molecule has 1 atom stereocenters. The third-order valence-corrected chi connectivity index (χ3v) is 5.56. The van der Waals surface area contributed by atoms with Crippen LogP contribution in [0.1, 0.15) is 31.3 Å². The highest BCUT2D eigenvalue weighted by Gasteiger charge is 2.18. The van der Waals surface area contributed by atoms with Crippen LogP contribution in [-0.2, 0) is 18.3 Å². The number of pyridine rings is 1. The highest BCUT2D eigenvalue weighted by atomic mass is 35.5. The quantitative estimate of drug-likeness (QED) is 0.423. The Kier molecular flexibility index (Phi) is 7.11. The van der Waals surface area contributed by atoms with Gasteiger partial charge >= 0.3 is 0 Å². The number of carbonyl (C=O) groups is 1. The number of nitrogens with zero attached hydrogens (tertiary/aromatic N) is 4. The number of thioether (sulfide) groups is 1. The molecule has 2 aromatic heterocycles. The van der Waals surface area contributed by atoms with Gasteiger partial charge in [-0.3, -0.25) is 4.79 Å². The van der Waals surface area contributed by atoms with E-state index in [1.165, 1.54) is 17.3 Å². The largest absolute Gasteiger partial charge is 0.483 e. The van der Waals surface area contributed by atoms with Crippen LogP contribution in [0.15, 0.2) is 47.8 Å². The molecule has 3 rings (SSSR count). The van der Waals surface area contributed by atoms with E-state index in [1.54, 1.807) is 18.3 Å². The Balaban J connectivity index is 1.58. The van der Waals surface area contributed by atoms with Gasteiger partial charge in [-0.1, -0.05) is 42.4 Å². The van der Waals surface area contributed by atoms with Crippen LogP contribution in [0.5, 0.6) is 5.75 Å². The first-order chi connectivity index (χ1) is 14.0. The van der Waals surface area contributed by atoms with Gasteiger partial charge in [0.2, 0.25) is 5.91 Å². The second-order valence-electron chi connectivity index (χ2n) is 6.34. The number of ether oxygens (including phenoxy) is 1. The number of hydrogen-bond acceptors (Lipinski definition) is 6. The van der Waals surface area contributed by atoms with Crippen molar-refractivity contribution in [3.8, 4) is 5.75 Å². The lowest BCUT2D eigenvalue weighted by molar-refractivity contribution is -0.113. The molecule has 1 aromatic carbocycles. The van der Waals surface area contributed by atoms with Crippen LogP contribution in [0.2, 0.25) is 5.15 Å². The molecule has 0 aliphatic rings. The van der Waals surface area contributed by atoms with Crippen molar-refractivity contribution < 1.29 is 9.53 Å². The van der Waals surface area contributed by atoms with Gasteiger partial charge in [-0.2, -0.15) is 0 Å². The SMILES string of the molecule is CCc1ccc(OC(C)c2nnc(SCC(=O)Nc3cccnc3Cl)n2C)cc1. The van der Waals surface area contributed by atoms with Crippen molar-refractivity contribution in [3.63, 3.8) is 0 Å². The fourth-order valence-corrected chi connectivity index (χ4v) is 3.55. The van der Waals surface area contributed by atoms with E-state index in [1.807, 2.05) is 42.8 Å². The average molecular weight is 432 g/mol. The Hall–Kier alpha value is -2.58. The van der Waals surface area contributed by atoms with Crippen LogP contribution in [0.3, 0.4) is 0 Å². The van der Waals surface area contributed by atoms with Gasteiger partial charge in [0.25, 0.3) is 0 Å². The second kappa shape index (κ2) is 9.76. The van der Waals surface area contributed by atoms with Crippen molar-refractivity contribution in [1.29, 1.82) is 0 Å². The first-order valence-electron chi connectivity index (χ1n) is 9.16. The number of nitrogens with one attached hydrogen (secondary N) is 1. The molecule has 152 valence electrons. The Morgan fingerprint density at radius 1 is 1.28 bits per heavy atom. The highest BCUT2D eigenvalue weighted by Crippen LogP contribution is 2.24. The number of benzene rings is 1. The van der Waals surface area contributed by atoms with E-state index in [9.17, 15) is 4.79 Å². The molecular formula is C20H22ClN5O2S. The zero-order valence-electron chi connectivity index (χ0n) is 16.4. The van der Waals surface area contributed by atoms with Crippen molar-refractivity contribution in [3.05, 3.63) is 59.1 Å². The van der Waals surface area contributed by atoms with Gasteiger partial charge in [-0.05, 0) is 43.2 Å². The summed E-state index contributed by atoms with van der Waals surface area (Å²) in [7, 11) is 1.85. The molecule has 0 bridgehead atoms. The van der Waals surface area contributed by atoms with Crippen molar-refractivity contribution in [2.24, 2.45) is 7.05 Å². The number of amides is 1. The Morgan fingerprint density at radius 3 is 2.72 bits per heavy atom. The van der Waals surface area contributed by atoms with Crippen LogP contribution in [0.4, 0.5) is 5.69 Å². The van der Waals surface area contributed by atoms with Gasteiger partial charge in [0.15, 0.2) is 22.2 Å². The minimum absolute atomic E-state index is 0.172. The molecule has 0 radical (unpaired) electrons. The lowest BCUT2D eigenvalue weighted by Crippen LogP contribution is -2.15. The predicted molar refractivity (Wildman–Crippen MR) is 114 cm³/mol. The monoisotopic (exact) mass is 431 g/mol. The van der Waals surface area contributed by atoms with Crippen LogP contribution in [-0.4, -0.2) is 31.4 Å². The molecule has 0 saturated carbocycles. The maximum Gasteiger partial charge on any atom is 0.234 e. The first kappa shape index (κ1) is 21.1. The molecule has 0 fully saturated rings. The van der Waals surface area contributed by atoms with E-state index in [2.05, 4.69) is 27.4 Å². The number of hydrogen-bond donors (Lipinski definition) is 1. The van der Waals surface area contributed by atoms with Crippen molar-refractivity contribution in [2.75, 3.05) is 11.1 Å². The van der Waals surface area contributed by atoms with E-state index in [-0.39, 0.29) is 22.9 Å². The van der Waals surface area contributed by atoms with Crippen LogP contribution in [0.25, 0.3) is 0 Å². The predicted octanol–water partition coefficient (Wildman–Crippen LogP) is 4.30. The summed E-state index contributed by atoms with van der Waals surface area (Å²) in [5.41, 5.74) is 1.74. The summed E-state index contributed by atoms with van der Waals surface area (Å²) >= 11 is 7.25. The van der Waals surface area contributed by atoms with Gasteiger partial charge in [0.05, 0.1) is 11.4 Å². The zero-order chi connectivity index (χ0) is 20.8. The Labute approximate surface area is 178 Å². The fourth-order valence-electron chi connectivity index (χ4n) is 2.66. The standard InChI is InChI=1S/C20H22ClN5O2S/c1-4-14-7-9-15(10-8-14)28-13(2)19-24-25-20(26(19)3)29-12-17(27)23-16-6-5-11-22-18(16)21/h5-11,13H,4,12H2,1-3H3,(H,23,27). The fraction of sp³-hybridized carbons (Fsp3) is 0.300. The number of carbonyl (C=O) groups excluding carboxylic acids is 1. The molecule has 29 heavy (non-hydrogen) atoms. The van der Waals surface area contributed by atoms with Crippen LogP contribution < -0.4 is 10.1 Å². The molecular weight excluding hydrogens is 410 g/mol. The van der Waals surface area contributed by atoms with Crippen LogP contribution >= 0.6 is 23.4 Å². The van der Waals surface area contributed by atoms with E-state index in [4.69, 9.17) is 16.3 Å². The molecule has 9 heteroatoms. The number of rotatable bonds is 8. The smallest absolute Gasteiger partial charge is 0.234 e. The van der Waals surface area contributed by atoms with Gasteiger partial charge < -0.3 is 14.6 Å². The lowest BCUT2D eigenvalue weighted by atomic mass is 10.2. The summed E-state index contributed by atoms with van der Waals surface area (Å²) in [6.07, 6.45) is 2.27. The Bertz CT molecular complexity index is 977. The third kappa shape index (κ3) is 5.48. The summed E-state index contributed by atoms with van der Waals surface area (Å²) in [4.78, 5) is 16.1. The molecule has 1 amide bonds. The maximum absolute atomic E-state index is 12.2. The summed E-state index contributed by atoms with van der Waals surface area (Å²) in [5.74, 6) is 1.43. The normalized spacial score (nSPS) is 11.9. The van der Waals surface area contributed by atoms with Crippen molar-refractivity contribution in [2.45, 2.75) is 31.5 Å². The van der Waals surface area contributed by atoms with Gasteiger partial charge in [0.1, 0.15) is 5.75 Å². The lowest BCUT2D eigenvalue weighted by Gasteiger charge is -2.14. The van der Waals surface area contributed by atoms with Gasteiger partial charge in [-0.15, -0.1) is 10.2 Å². The number of aryl methyl sites for hydroxylation is 1. The first-order valence-corrected chi connectivity index (χ1v) is 10.5. The molecule has 0 aliphatic carbocycles. The summed E-state index contributed by atoms with van der Waals surface area (Å²) in [6.45, 7) is 4.03. The zero-order valence-corrected chi connectivity index (χ0v) is 18.0. The second-order valence-corrected chi connectivity index (χ2v) is 7.64. The van der Waals surface area contributed by atoms with E-state index in [0.717, 1.165) is 12.2 Å². The highest BCUT2D eigenvalue weighted by molar-refractivity contribution is 7.99. The Morgan fingerprint density at radius 2 is 2.03 bits per heavy atom. The third-order valence-electron chi connectivity index (χ3n) is 4.24. The van der Waals surface area contributed by atoms with Crippen molar-refractivity contribution >= 4 is 35.0 Å². The van der Waals surface area contributed by atoms with Gasteiger partial charge in [-0.25, -0.2) is 4.98 Å². The molecule has 1 N–H and O–H groups in total. The summed E-state index contributed by atoms with van der Waals surface area (Å²) in [5, 5.41) is 12.0. The molecule has 3 aromatic rings. The average Bonchev–Trinajstić information content (AvgIpc) is 3.09. The summed E-state index contributed by atoms with van der Waals surface area (Å²) < 4.78 is 7.81. The van der Waals surface area contributed by atoms with Crippen molar-refractivity contribution in [1.82, 2.24) is 19.7 Å². The number of aromatic nitrogens is 4. The molecule has 7 nitrogen and oxygen atoms in total. The van der Waals surface area contributed by atoms with E-state index < -0.39 is 0 Å². The number of anilines is 1. The minimum atomic E-state index is -0.280. The molecule has 1 unspecified atom stereocenters. The van der Waals surface area contributed by atoms with Gasteiger partial charge in [0, 0.05) is 13.2 Å². The molecule has 0 saturated heterocycles. The van der Waals surface area contributed by atoms with E-state index in [0.29, 0.717) is 16.7 Å². The van der Waals surface area contributed by atoms with Crippen LogP contribution in [0, 0.1) is 0 Å². The summed E-state index contributed by atoms with van der Waals surface area (Å²) in [6, 6.07) is 11.4. The maximum atomic E-state index is 12.2. The minimum Gasteiger partial charge on any atom is -0.483 e. The topological polar surface area (TPSA) is 81.9 Å².